The van der Waals surface area contributed by atoms with Crippen molar-refractivity contribution in [2.24, 2.45) is 5.73 Å². The lowest BCUT2D eigenvalue weighted by atomic mass is 10.2. The molecule has 7 nitrogen and oxygen atoms in total. The van der Waals surface area contributed by atoms with Crippen molar-refractivity contribution in [2.75, 3.05) is 6.79 Å². The average Bonchev–Trinajstić information content (AvgIpc) is 2.03. The quantitative estimate of drug-likeness (QED) is 0.343. The molecule has 0 aliphatic rings. The zero-order valence-corrected chi connectivity index (χ0v) is 8.02. The Bertz CT molecular complexity index is 253. The van der Waals surface area contributed by atoms with E-state index in [1.165, 1.54) is 0 Å². The van der Waals surface area contributed by atoms with Crippen LogP contribution in [0.1, 0.15) is 6.42 Å². The van der Waals surface area contributed by atoms with Gasteiger partial charge in [-0.2, -0.15) is 4.52 Å². The Labute approximate surface area is 80.7 Å². The lowest BCUT2D eigenvalue weighted by Crippen LogP contribution is -2.32. The van der Waals surface area contributed by atoms with E-state index in [4.69, 9.17) is 15.9 Å². The summed E-state index contributed by atoms with van der Waals surface area (Å²) in [6.45, 7) is -0.774. The largest absolute Gasteiger partial charge is 0.603 e. The van der Waals surface area contributed by atoms with E-state index >= 15 is 0 Å². The first-order chi connectivity index (χ1) is 6.47. The monoisotopic (exact) mass is 223 g/mol. The Morgan fingerprint density at radius 3 is 2.64 bits per heavy atom. The number of carbonyl (C=O) groups is 2. The van der Waals surface area contributed by atoms with Crippen LogP contribution in [0.3, 0.4) is 0 Å². The summed E-state index contributed by atoms with van der Waals surface area (Å²) < 4.78 is 4.15. The van der Waals surface area contributed by atoms with Crippen molar-refractivity contribution in [1.82, 2.24) is 0 Å². The van der Waals surface area contributed by atoms with Crippen LogP contribution in [0.15, 0.2) is 0 Å². The van der Waals surface area contributed by atoms with E-state index in [1.807, 2.05) is 0 Å². The van der Waals surface area contributed by atoms with E-state index in [2.05, 4.69) is 4.52 Å². The summed E-state index contributed by atoms with van der Waals surface area (Å²) in [5.74, 6) is -1.33. The van der Waals surface area contributed by atoms with Crippen LogP contribution in [-0.2, 0) is 14.1 Å². The minimum absolute atomic E-state index is 0.453. The maximum atomic E-state index is 10.9. The maximum Gasteiger partial charge on any atom is 0.320 e. The van der Waals surface area contributed by atoms with Gasteiger partial charge in [0, 0.05) is 6.42 Å². The molecule has 1 unspecified atom stereocenters. The summed E-state index contributed by atoms with van der Waals surface area (Å²) in [6.07, 6.45) is -0.453. The maximum absolute atomic E-state index is 10.9. The van der Waals surface area contributed by atoms with Crippen molar-refractivity contribution in [2.45, 2.75) is 12.5 Å². The van der Waals surface area contributed by atoms with Crippen LogP contribution in [0.5, 0.6) is 0 Å². The third-order valence-electron chi connectivity index (χ3n) is 1.17. The Morgan fingerprint density at radius 2 is 2.21 bits per heavy atom. The third kappa shape index (κ3) is 5.74. The number of rotatable bonds is 6. The van der Waals surface area contributed by atoms with Gasteiger partial charge in [-0.15, -0.1) is 0 Å². The third-order valence-corrected chi connectivity index (χ3v) is 2.04. The number of hydrogen-bond donors (Lipinski definition) is 3. The van der Waals surface area contributed by atoms with Crippen LogP contribution in [0, 0.1) is 0 Å². The number of carbonyl (C=O) groups excluding carboxylic acids is 1. The molecule has 0 rings (SSSR count). The predicted molar refractivity (Wildman–Crippen MR) is 46.4 cm³/mol. The van der Waals surface area contributed by atoms with E-state index in [0.717, 1.165) is 0 Å². The molecule has 0 spiro atoms. The fraction of sp³-hybridized carbons (Fsp3) is 0.500. The second kappa shape index (κ2) is 6.58. The molecule has 0 amide bonds. The van der Waals surface area contributed by atoms with E-state index < -0.39 is 39.0 Å². The Hall–Kier alpha value is -0.850. The summed E-state index contributed by atoms with van der Waals surface area (Å²) in [7, 11) is -2.39. The molecule has 0 radical (unpaired) electrons. The van der Waals surface area contributed by atoms with E-state index in [-0.39, 0.29) is 0 Å². The molecule has 0 aliphatic heterocycles. The number of ketones is 1. The van der Waals surface area contributed by atoms with Gasteiger partial charge in [-0.25, -0.2) is 0 Å². The van der Waals surface area contributed by atoms with Crippen LogP contribution in [0.4, 0.5) is 0 Å². The summed E-state index contributed by atoms with van der Waals surface area (Å²) in [6, 6.07) is -1.32. The van der Waals surface area contributed by atoms with Gasteiger partial charge in [0.1, 0.15) is 6.04 Å². The second-order valence-corrected chi connectivity index (χ2v) is 3.37. The van der Waals surface area contributed by atoms with Crippen LogP contribution in [-0.4, -0.2) is 40.6 Å². The minimum atomic E-state index is -2.39. The first kappa shape index (κ1) is 13.2. The second-order valence-electron chi connectivity index (χ2n) is 2.29. The predicted octanol–water partition coefficient (Wildman–Crippen LogP) is -2.20. The molecule has 0 aliphatic carbocycles. The van der Waals surface area contributed by atoms with Crippen LogP contribution in [0.2, 0.25) is 0 Å². The van der Waals surface area contributed by atoms with Gasteiger partial charge in [0.25, 0.3) is 0 Å². The average molecular weight is 223 g/mol. The molecule has 0 aromatic carbocycles. The van der Waals surface area contributed by atoms with E-state index in [9.17, 15) is 14.5 Å². The van der Waals surface area contributed by atoms with E-state index in [1.54, 1.807) is 0 Å². The Morgan fingerprint density at radius 1 is 1.64 bits per heavy atom. The highest BCUT2D eigenvalue weighted by atomic mass is 31.1. The first-order valence-corrected chi connectivity index (χ1v) is 4.78. The fourth-order valence-electron chi connectivity index (χ4n) is 0.569. The molecule has 0 bridgehead atoms. The molecular weight excluding hydrogens is 213 g/mol. The molecule has 0 saturated carbocycles. The normalized spacial score (nSPS) is 13.8. The standard InChI is InChI=1S/C6H10NO6P/c7-5(6(10)11)1-4(9)2-14(12)13-3-8/h2,5,8H,1,3,7H2,(H,10,11)/t5-/m0/s1. The van der Waals surface area contributed by atoms with Gasteiger partial charge < -0.3 is 20.8 Å². The molecule has 80 valence electrons. The molecule has 0 aromatic rings. The fourth-order valence-corrected chi connectivity index (χ4v) is 1.10. The molecule has 0 fully saturated rings. The molecular formula is C6H10NO6P. The highest BCUT2D eigenvalue weighted by Crippen LogP contribution is 2.10. The molecule has 0 heterocycles. The first-order valence-electron chi connectivity index (χ1n) is 3.53. The number of aliphatic carboxylic acids is 1. The molecule has 8 heteroatoms. The van der Waals surface area contributed by atoms with Gasteiger partial charge in [0.2, 0.25) is 13.8 Å². The van der Waals surface area contributed by atoms with Gasteiger partial charge >= 0.3 is 5.97 Å². The van der Waals surface area contributed by atoms with E-state index in [0.29, 0.717) is 5.80 Å². The van der Waals surface area contributed by atoms with Crippen molar-refractivity contribution >= 4 is 25.5 Å². The molecule has 14 heavy (non-hydrogen) atoms. The number of nitrogens with two attached hydrogens (primary N) is 1. The van der Waals surface area contributed by atoms with Crippen molar-refractivity contribution < 1.29 is 29.2 Å². The number of aliphatic hydroxyl groups is 1. The SMILES string of the molecule is N[C@@H](CC(=O)C=[P+]([O-])OCO)C(=O)O. The molecule has 0 aromatic heterocycles. The summed E-state index contributed by atoms with van der Waals surface area (Å²) >= 11 is 0. The number of Topliss-reactive ketones (excluding diaryl/α,β-unsaturated/α-hetero) is 1. The minimum Gasteiger partial charge on any atom is -0.603 e. The highest BCUT2D eigenvalue weighted by Gasteiger charge is 2.17. The van der Waals surface area contributed by atoms with Crippen LogP contribution >= 0.6 is 8.00 Å². The Kier molecular flexibility index (Phi) is 6.18. The summed E-state index contributed by atoms with van der Waals surface area (Å²) in [4.78, 5) is 31.8. The zero-order chi connectivity index (χ0) is 11.1. The molecule has 0 saturated heterocycles. The van der Waals surface area contributed by atoms with Gasteiger partial charge in [0.15, 0.2) is 12.6 Å². The van der Waals surface area contributed by atoms with Gasteiger partial charge in [0.05, 0.1) is 0 Å². The lowest BCUT2D eigenvalue weighted by molar-refractivity contribution is -0.177. The van der Waals surface area contributed by atoms with Gasteiger partial charge in [-0.1, -0.05) is 0 Å². The van der Waals surface area contributed by atoms with Crippen molar-refractivity contribution in [3.8, 4) is 0 Å². The van der Waals surface area contributed by atoms with Crippen LogP contribution in [0.25, 0.3) is 0 Å². The smallest absolute Gasteiger partial charge is 0.320 e. The molecule has 4 N–H and O–H groups in total. The number of carboxylic acids is 1. The number of aliphatic hydroxyl groups excluding tert-OH is 1. The van der Waals surface area contributed by atoms with Crippen molar-refractivity contribution in [1.29, 1.82) is 0 Å². The zero-order valence-electron chi connectivity index (χ0n) is 7.12. The number of hydrogen-bond acceptors (Lipinski definition) is 6. The molecule has 2 atom stereocenters. The van der Waals surface area contributed by atoms with Gasteiger partial charge in [-0.05, 0) is 0 Å². The van der Waals surface area contributed by atoms with Crippen LogP contribution < -0.4 is 10.6 Å². The highest BCUT2D eigenvalue weighted by molar-refractivity contribution is 7.47. The van der Waals surface area contributed by atoms with Crippen molar-refractivity contribution in [3.05, 3.63) is 0 Å². The van der Waals surface area contributed by atoms with Crippen molar-refractivity contribution in [3.63, 3.8) is 0 Å². The summed E-state index contributed by atoms with van der Waals surface area (Å²) in [5.41, 5.74) is 5.04. The lowest BCUT2D eigenvalue weighted by Gasteiger charge is -2.01. The van der Waals surface area contributed by atoms with Gasteiger partial charge in [-0.3, -0.25) is 9.59 Å². The summed E-state index contributed by atoms with van der Waals surface area (Å²) in [5, 5.41) is 16.5. The number of carboxylic acid groups (broad SMARTS) is 1. The topological polar surface area (TPSA) is 133 Å². The Balaban J connectivity index is 4.09.